The van der Waals surface area contributed by atoms with Gasteiger partial charge in [-0.15, -0.1) is 0 Å². The molecule has 1 aromatic carbocycles. The molecule has 0 aliphatic heterocycles. The molecular weight excluding hydrogens is 226 g/mol. The minimum absolute atomic E-state index is 0.208. The number of nitrogens with zero attached hydrogens (tertiary/aromatic N) is 2. The van der Waals surface area contributed by atoms with Gasteiger partial charge >= 0.3 is 0 Å². The Bertz CT molecular complexity index is 484. The van der Waals surface area contributed by atoms with Crippen LogP contribution in [-0.4, -0.2) is 10.1 Å². The Balaban J connectivity index is 2.31. The largest absolute Gasteiger partial charge is 0.337 e. The monoisotopic (exact) mass is 237 g/mol. The van der Waals surface area contributed by atoms with Crippen molar-refractivity contribution in [2.75, 3.05) is 0 Å². The number of rotatable bonds is 3. The van der Waals surface area contributed by atoms with E-state index in [9.17, 15) is 0 Å². The van der Waals surface area contributed by atoms with Crippen molar-refractivity contribution in [2.45, 2.75) is 19.4 Å². The van der Waals surface area contributed by atoms with E-state index in [1.807, 2.05) is 19.1 Å². The number of halogens is 1. The van der Waals surface area contributed by atoms with Gasteiger partial charge < -0.3 is 10.3 Å². The molecule has 0 saturated carbocycles. The van der Waals surface area contributed by atoms with Crippen LogP contribution < -0.4 is 5.73 Å². The smallest absolute Gasteiger partial charge is 0.243 e. The molecule has 84 valence electrons. The van der Waals surface area contributed by atoms with Gasteiger partial charge in [-0.05, 0) is 18.6 Å². The molecule has 2 aromatic rings. The molecule has 5 heteroatoms. The summed E-state index contributed by atoms with van der Waals surface area (Å²) in [7, 11) is 0. The second kappa shape index (κ2) is 4.63. The minimum atomic E-state index is -0.208. The average Bonchev–Trinajstić information content (AvgIpc) is 2.77. The van der Waals surface area contributed by atoms with E-state index in [-0.39, 0.29) is 6.04 Å². The van der Waals surface area contributed by atoms with Crippen molar-refractivity contribution in [1.29, 1.82) is 0 Å². The van der Waals surface area contributed by atoms with Gasteiger partial charge in [-0.1, -0.05) is 35.8 Å². The Hall–Kier alpha value is -1.39. The molecule has 4 nitrogen and oxygen atoms in total. The van der Waals surface area contributed by atoms with Crippen LogP contribution in [0.3, 0.4) is 0 Å². The molecule has 0 saturated heterocycles. The van der Waals surface area contributed by atoms with Crippen molar-refractivity contribution in [3.8, 4) is 11.4 Å². The highest BCUT2D eigenvalue weighted by Gasteiger charge is 2.13. The third kappa shape index (κ3) is 2.23. The van der Waals surface area contributed by atoms with Gasteiger partial charge in [0.2, 0.25) is 11.7 Å². The van der Waals surface area contributed by atoms with Gasteiger partial charge in [-0.3, -0.25) is 0 Å². The zero-order chi connectivity index (χ0) is 11.5. The lowest BCUT2D eigenvalue weighted by Gasteiger charge is -1.99. The van der Waals surface area contributed by atoms with Gasteiger partial charge in [0.05, 0.1) is 6.04 Å². The first kappa shape index (κ1) is 11.1. The lowest BCUT2D eigenvalue weighted by Crippen LogP contribution is -2.08. The van der Waals surface area contributed by atoms with Gasteiger partial charge in [0, 0.05) is 10.6 Å². The summed E-state index contributed by atoms with van der Waals surface area (Å²) in [5.41, 5.74) is 6.62. The normalized spacial score (nSPS) is 12.7. The van der Waals surface area contributed by atoms with E-state index >= 15 is 0 Å². The maximum absolute atomic E-state index is 5.88. The molecule has 0 aliphatic rings. The summed E-state index contributed by atoms with van der Waals surface area (Å²) in [6.07, 6.45) is 0.761. The number of aromatic nitrogens is 2. The van der Waals surface area contributed by atoms with Gasteiger partial charge in [-0.25, -0.2) is 0 Å². The summed E-state index contributed by atoms with van der Waals surface area (Å²) in [5.74, 6) is 0.971. The van der Waals surface area contributed by atoms with E-state index in [0.29, 0.717) is 16.7 Å². The van der Waals surface area contributed by atoms with Crippen LogP contribution in [0.15, 0.2) is 28.8 Å². The summed E-state index contributed by atoms with van der Waals surface area (Å²) in [4.78, 5) is 4.23. The van der Waals surface area contributed by atoms with Crippen molar-refractivity contribution in [3.63, 3.8) is 0 Å². The second-order valence-electron chi connectivity index (χ2n) is 3.48. The molecular formula is C11H12ClN3O. The molecule has 0 radical (unpaired) electrons. The number of hydrogen-bond acceptors (Lipinski definition) is 4. The molecule has 0 amide bonds. The molecule has 0 fully saturated rings. The van der Waals surface area contributed by atoms with Crippen LogP contribution in [-0.2, 0) is 0 Å². The lowest BCUT2D eigenvalue weighted by molar-refractivity contribution is 0.352. The highest BCUT2D eigenvalue weighted by molar-refractivity contribution is 6.30. The summed E-state index contributed by atoms with van der Waals surface area (Å²) in [5, 5.41) is 4.51. The molecule has 1 atom stereocenters. The Morgan fingerprint density at radius 3 is 3.00 bits per heavy atom. The van der Waals surface area contributed by atoms with E-state index in [1.165, 1.54) is 0 Å². The second-order valence-corrected chi connectivity index (χ2v) is 3.92. The molecule has 0 bridgehead atoms. The molecule has 16 heavy (non-hydrogen) atoms. The lowest BCUT2D eigenvalue weighted by atomic mass is 10.2. The van der Waals surface area contributed by atoms with Gasteiger partial charge in [0.15, 0.2) is 0 Å². The van der Waals surface area contributed by atoms with Crippen LogP contribution in [0.4, 0.5) is 0 Å². The average molecular weight is 238 g/mol. The van der Waals surface area contributed by atoms with Crippen molar-refractivity contribution >= 4 is 11.6 Å². The highest BCUT2D eigenvalue weighted by Crippen LogP contribution is 2.21. The molecule has 1 aromatic heterocycles. The summed E-state index contributed by atoms with van der Waals surface area (Å²) < 4.78 is 5.08. The first-order valence-electron chi connectivity index (χ1n) is 5.06. The minimum Gasteiger partial charge on any atom is -0.337 e. The Morgan fingerprint density at radius 2 is 2.31 bits per heavy atom. The summed E-state index contributed by atoms with van der Waals surface area (Å²) >= 11 is 5.88. The summed E-state index contributed by atoms with van der Waals surface area (Å²) in [6, 6.07) is 7.09. The topological polar surface area (TPSA) is 64.9 Å². The van der Waals surface area contributed by atoms with Crippen LogP contribution in [0.25, 0.3) is 11.4 Å². The van der Waals surface area contributed by atoms with Gasteiger partial charge in [0.25, 0.3) is 0 Å². The molecule has 2 rings (SSSR count). The van der Waals surface area contributed by atoms with E-state index in [1.54, 1.807) is 12.1 Å². The third-order valence-corrected chi connectivity index (χ3v) is 2.52. The predicted octanol–water partition coefficient (Wildman–Crippen LogP) is 2.80. The van der Waals surface area contributed by atoms with Crippen molar-refractivity contribution in [1.82, 2.24) is 10.1 Å². The van der Waals surface area contributed by atoms with Crippen molar-refractivity contribution in [3.05, 3.63) is 35.2 Å². The molecule has 2 N–H and O–H groups in total. The highest BCUT2D eigenvalue weighted by atomic mass is 35.5. The van der Waals surface area contributed by atoms with E-state index in [4.69, 9.17) is 21.9 Å². The predicted molar refractivity (Wildman–Crippen MR) is 62.0 cm³/mol. The zero-order valence-electron chi connectivity index (χ0n) is 8.85. The van der Waals surface area contributed by atoms with E-state index < -0.39 is 0 Å². The first-order chi connectivity index (χ1) is 7.70. The van der Waals surface area contributed by atoms with Gasteiger partial charge in [-0.2, -0.15) is 4.98 Å². The number of nitrogens with two attached hydrogens (primary N) is 1. The first-order valence-corrected chi connectivity index (χ1v) is 5.43. The maximum Gasteiger partial charge on any atom is 0.243 e. The Labute approximate surface area is 98.4 Å². The SMILES string of the molecule is CCC(N)c1nc(-c2cccc(Cl)c2)no1. The van der Waals surface area contributed by atoms with Crippen LogP contribution in [0.5, 0.6) is 0 Å². The molecule has 0 aliphatic carbocycles. The maximum atomic E-state index is 5.88. The molecule has 1 heterocycles. The third-order valence-electron chi connectivity index (χ3n) is 2.28. The fourth-order valence-electron chi connectivity index (χ4n) is 1.31. The number of hydrogen-bond donors (Lipinski definition) is 1. The van der Waals surface area contributed by atoms with Gasteiger partial charge in [0.1, 0.15) is 0 Å². The molecule has 1 unspecified atom stereocenters. The Kier molecular flexibility index (Phi) is 3.22. The Morgan fingerprint density at radius 1 is 1.50 bits per heavy atom. The zero-order valence-corrected chi connectivity index (χ0v) is 9.61. The summed E-state index contributed by atoms with van der Waals surface area (Å²) in [6.45, 7) is 1.97. The quantitative estimate of drug-likeness (QED) is 0.892. The fourth-order valence-corrected chi connectivity index (χ4v) is 1.50. The van der Waals surface area contributed by atoms with E-state index in [0.717, 1.165) is 12.0 Å². The van der Waals surface area contributed by atoms with Crippen LogP contribution in [0, 0.1) is 0 Å². The van der Waals surface area contributed by atoms with Crippen molar-refractivity contribution < 1.29 is 4.52 Å². The molecule has 0 spiro atoms. The van der Waals surface area contributed by atoms with E-state index in [2.05, 4.69) is 10.1 Å². The standard InChI is InChI=1S/C11H12ClN3O/c1-2-9(13)11-14-10(15-16-11)7-4-3-5-8(12)6-7/h3-6,9H,2,13H2,1H3. The fraction of sp³-hybridized carbons (Fsp3) is 0.273. The van der Waals surface area contributed by atoms with Crippen LogP contribution in [0.2, 0.25) is 5.02 Å². The van der Waals surface area contributed by atoms with Crippen molar-refractivity contribution in [2.24, 2.45) is 5.73 Å². The number of benzene rings is 1. The van der Waals surface area contributed by atoms with Crippen LogP contribution >= 0.6 is 11.6 Å². The van der Waals surface area contributed by atoms with Crippen LogP contribution in [0.1, 0.15) is 25.3 Å².